The van der Waals surface area contributed by atoms with Crippen molar-refractivity contribution in [2.24, 2.45) is 5.92 Å². The van der Waals surface area contributed by atoms with E-state index in [-0.39, 0.29) is 12.3 Å². The van der Waals surface area contributed by atoms with E-state index in [0.29, 0.717) is 13.2 Å². The quantitative estimate of drug-likeness (QED) is 0.924. The molecule has 1 aromatic carbocycles. The highest BCUT2D eigenvalue weighted by molar-refractivity contribution is 5.87. The monoisotopic (exact) mass is 338 g/mol. The lowest BCUT2D eigenvalue weighted by Crippen LogP contribution is -2.30. The Labute approximate surface area is 145 Å². The molecule has 0 aliphatic carbocycles. The number of nitrogens with zero attached hydrogens (tertiary/aromatic N) is 2. The third-order valence-corrected chi connectivity index (χ3v) is 4.88. The number of carboxylic acid groups (broad SMARTS) is 1. The predicted molar refractivity (Wildman–Crippen MR) is 88.9 cm³/mol. The van der Waals surface area contributed by atoms with Gasteiger partial charge in [0.15, 0.2) is 0 Å². The number of pyridine rings is 1. The smallest absolute Gasteiger partial charge is 0.309 e. The van der Waals surface area contributed by atoms with Gasteiger partial charge in [0.2, 0.25) is 5.91 Å². The van der Waals surface area contributed by atoms with Crippen molar-refractivity contribution in [3.05, 3.63) is 59.4 Å². The Hall–Kier alpha value is -2.89. The topological polar surface area (TPSA) is 79.7 Å². The zero-order chi connectivity index (χ0) is 17.4. The normalized spacial score (nSPS) is 21.9. The molecule has 0 spiro atoms. The molecule has 0 radical (unpaired) electrons. The zero-order valence-corrected chi connectivity index (χ0v) is 13.6. The summed E-state index contributed by atoms with van der Waals surface area (Å²) in [6.07, 6.45) is 4.21. The van der Waals surface area contributed by atoms with Crippen LogP contribution in [0.3, 0.4) is 0 Å². The number of hydrogen-bond acceptors (Lipinski definition) is 4. The number of carbonyl (C=O) groups excluding carboxylic acids is 1. The van der Waals surface area contributed by atoms with Gasteiger partial charge in [0, 0.05) is 31.8 Å². The van der Waals surface area contributed by atoms with E-state index in [1.165, 1.54) is 0 Å². The molecule has 2 aromatic rings. The highest BCUT2D eigenvalue weighted by Crippen LogP contribution is 2.41. The minimum atomic E-state index is -0.941. The van der Waals surface area contributed by atoms with Crippen LogP contribution in [0.5, 0.6) is 5.75 Å². The van der Waals surface area contributed by atoms with Crippen molar-refractivity contribution in [3.63, 3.8) is 0 Å². The van der Waals surface area contributed by atoms with E-state index in [0.717, 1.165) is 28.9 Å². The van der Waals surface area contributed by atoms with Crippen LogP contribution in [0.4, 0.5) is 0 Å². The van der Waals surface area contributed by atoms with Gasteiger partial charge in [-0.2, -0.15) is 0 Å². The van der Waals surface area contributed by atoms with Gasteiger partial charge < -0.3 is 14.7 Å². The van der Waals surface area contributed by atoms with Crippen molar-refractivity contribution in [3.8, 4) is 5.75 Å². The van der Waals surface area contributed by atoms with E-state index in [4.69, 9.17) is 4.74 Å². The second kappa shape index (κ2) is 6.20. The van der Waals surface area contributed by atoms with Crippen LogP contribution < -0.4 is 4.74 Å². The van der Waals surface area contributed by atoms with Crippen LogP contribution in [-0.4, -0.2) is 33.5 Å². The average Bonchev–Trinajstić information content (AvgIpc) is 3.20. The third kappa shape index (κ3) is 2.84. The fourth-order valence-electron chi connectivity index (χ4n) is 3.69. The summed E-state index contributed by atoms with van der Waals surface area (Å²) in [4.78, 5) is 30.0. The van der Waals surface area contributed by atoms with Crippen molar-refractivity contribution in [1.29, 1.82) is 0 Å². The van der Waals surface area contributed by atoms with E-state index < -0.39 is 17.9 Å². The zero-order valence-electron chi connectivity index (χ0n) is 13.6. The van der Waals surface area contributed by atoms with E-state index in [1.807, 2.05) is 30.3 Å². The average molecular weight is 338 g/mol. The maximum absolute atomic E-state index is 12.5. The van der Waals surface area contributed by atoms with Crippen LogP contribution in [0, 0.1) is 5.92 Å². The van der Waals surface area contributed by atoms with Crippen LogP contribution >= 0.6 is 0 Å². The molecule has 1 N–H and O–H groups in total. The molecule has 0 bridgehead atoms. The Kier molecular flexibility index (Phi) is 3.87. The number of likely N-dealkylation sites (tertiary alicyclic amines) is 1. The van der Waals surface area contributed by atoms with E-state index in [2.05, 4.69) is 4.98 Å². The van der Waals surface area contributed by atoms with Crippen molar-refractivity contribution in [2.75, 3.05) is 6.61 Å². The summed E-state index contributed by atoms with van der Waals surface area (Å²) in [5, 5.41) is 9.62. The molecule has 128 valence electrons. The maximum atomic E-state index is 12.5. The number of amides is 1. The largest absolute Gasteiger partial charge is 0.493 e. The number of rotatable bonds is 4. The Morgan fingerprint density at radius 1 is 1.36 bits per heavy atom. The van der Waals surface area contributed by atoms with Crippen molar-refractivity contribution >= 4 is 11.9 Å². The molecule has 2 aliphatic heterocycles. The number of benzene rings is 1. The molecule has 6 heteroatoms. The minimum Gasteiger partial charge on any atom is -0.493 e. The van der Waals surface area contributed by atoms with Crippen molar-refractivity contribution < 1.29 is 19.4 Å². The Morgan fingerprint density at radius 3 is 3.00 bits per heavy atom. The minimum absolute atomic E-state index is 0.0217. The molecule has 4 rings (SSSR count). The number of ether oxygens (including phenoxy) is 1. The highest BCUT2D eigenvalue weighted by Gasteiger charge is 2.44. The van der Waals surface area contributed by atoms with Crippen LogP contribution in [0.15, 0.2) is 42.7 Å². The van der Waals surface area contributed by atoms with Gasteiger partial charge in [-0.25, -0.2) is 0 Å². The molecule has 1 fully saturated rings. The Balaban J connectivity index is 1.71. The molecule has 2 atom stereocenters. The first-order valence-electron chi connectivity index (χ1n) is 8.30. The van der Waals surface area contributed by atoms with E-state index in [1.54, 1.807) is 17.3 Å². The van der Waals surface area contributed by atoms with Gasteiger partial charge in [-0.15, -0.1) is 0 Å². The maximum Gasteiger partial charge on any atom is 0.309 e. The number of carboxylic acids is 1. The lowest BCUT2D eigenvalue weighted by Gasteiger charge is -2.27. The van der Waals surface area contributed by atoms with Gasteiger partial charge in [0.25, 0.3) is 0 Å². The summed E-state index contributed by atoms with van der Waals surface area (Å²) in [7, 11) is 0. The lowest BCUT2D eigenvalue weighted by molar-refractivity contribution is -0.142. The molecule has 0 saturated carbocycles. The van der Waals surface area contributed by atoms with Gasteiger partial charge in [-0.1, -0.05) is 12.1 Å². The lowest BCUT2D eigenvalue weighted by atomic mass is 9.92. The SMILES string of the molecule is O=C(O)[C@@H]1CC(=O)N(Cc2cccnc2)[C@@H]1c1ccc2c(c1)CCO2. The Bertz CT molecular complexity index is 821. The van der Waals surface area contributed by atoms with E-state index >= 15 is 0 Å². The fraction of sp³-hybridized carbons (Fsp3) is 0.316. The van der Waals surface area contributed by atoms with Crippen LogP contribution in [-0.2, 0) is 22.6 Å². The molecular formula is C19H18N2O4. The molecular weight excluding hydrogens is 320 g/mol. The van der Waals surface area contributed by atoms with Gasteiger partial charge in [0.1, 0.15) is 5.75 Å². The summed E-state index contributed by atoms with van der Waals surface area (Å²) >= 11 is 0. The summed E-state index contributed by atoms with van der Waals surface area (Å²) in [5.41, 5.74) is 2.81. The summed E-state index contributed by atoms with van der Waals surface area (Å²) in [6.45, 7) is 0.999. The number of carbonyl (C=O) groups is 2. The van der Waals surface area contributed by atoms with Gasteiger partial charge in [-0.05, 0) is 34.9 Å². The van der Waals surface area contributed by atoms with Crippen molar-refractivity contribution in [1.82, 2.24) is 9.88 Å². The predicted octanol–water partition coefficient (Wildman–Crippen LogP) is 2.19. The Morgan fingerprint density at radius 2 is 2.24 bits per heavy atom. The molecule has 0 unspecified atom stereocenters. The van der Waals surface area contributed by atoms with Crippen LogP contribution in [0.2, 0.25) is 0 Å². The van der Waals surface area contributed by atoms with Gasteiger partial charge >= 0.3 is 5.97 Å². The molecule has 2 aliphatic rings. The molecule has 6 nitrogen and oxygen atoms in total. The van der Waals surface area contributed by atoms with Crippen LogP contribution in [0.25, 0.3) is 0 Å². The molecule has 1 saturated heterocycles. The molecule has 1 amide bonds. The van der Waals surface area contributed by atoms with Gasteiger partial charge in [-0.3, -0.25) is 14.6 Å². The second-order valence-corrected chi connectivity index (χ2v) is 6.44. The standard InChI is InChI=1S/C19H18N2O4/c22-17-9-15(19(23)24)18(21(17)11-12-2-1-6-20-10-12)14-3-4-16-13(8-14)5-7-25-16/h1-4,6,8,10,15,18H,5,7,9,11H2,(H,23,24)/t15-,18-/m1/s1. The number of hydrogen-bond donors (Lipinski definition) is 1. The first kappa shape index (κ1) is 15.6. The highest BCUT2D eigenvalue weighted by atomic mass is 16.5. The van der Waals surface area contributed by atoms with E-state index in [9.17, 15) is 14.7 Å². The summed E-state index contributed by atoms with van der Waals surface area (Å²) in [5.74, 6) is -0.981. The number of aromatic nitrogens is 1. The van der Waals surface area contributed by atoms with Crippen molar-refractivity contribution in [2.45, 2.75) is 25.4 Å². The summed E-state index contributed by atoms with van der Waals surface area (Å²) in [6, 6.07) is 8.96. The molecule has 3 heterocycles. The summed E-state index contributed by atoms with van der Waals surface area (Å²) < 4.78 is 5.53. The molecule has 25 heavy (non-hydrogen) atoms. The second-order valence-electron chi connectivity index (χ2n) is 6.44. The number of fused-ring (bicyclic) bond motifs is 1. The molecule has 1 aromatic heterocycles. The fourth-order valence-corrected chi connectivity index (χ4v) is 3.69. The first-order chi connectivity index (χ1) is 12.1. The van der Waals surface area contributed by atoms with Crippen LogP contribution in [0.1, 0.15) is 29.2 Å². The van der Waals surface area contributed by atoms with Gasteiger partial charge in [0.05, 0.1) is 18.6 Å². The number of aliphatic carboxylic acids is 1. The first-order valence-corrected chi connectivity index (χ1v) is 8.30. The third-order valence-electron chi connectivity index (χ3n) is 4.88.